The summed E-state index contributed by atoms with van der Waals surface area (Å²) in [5, 5.41) is 17.2. The summed E-state index contributed by atoms with van der Waals surface area (Å²) < 4.78 is 1.82. The van der Waals surface area contributed by atoms with Crippen molar-refractivity contribution in [1.29, 1.82) is 5.26 Å². The van der Waals surface area contributed by atoms with Crippen molar-refractivity contribution in [3.8, 4) is 6.07 Å². The summed E-state index contributed by atoms with van der Waals surface area (Å²) in [5.74, 6) is 1.22. The van der Waals surface area contributed by atoms with Crippen LogP contribution in [0.15, 0.2) is 29.1 Å². The minimum atomic E-state index is -0.781. The second-order valence-electron chi connectivity index (χ2n) is 11.9. The van der Waals surface area contributed by atoms with Gasteiger partial charge in [0.2, 0.25) is 5.91 Å². The molecule has 1 atom stereocenters. The minimum Gasteiger partial charge on any atom is -0.358 e. The molecule has 0 spiro atoms. The van der Waals surface area contributed by atoms with Gasteiger partial charge in [-0.3, -0.25) is 9.36 Å². The zero-order valence-electron chi connectivity index (χ0n) is 22.8. The Bertz CT molecular complexity index is 1210. The number of fused-ring (bicyclic) bond motifs is 1. The Labute approximate surface area is 225 Å². The Balaban J connectivity index is 1.42. The molecule has 0 radical (unpaired) electrons. The summed E-state index contributed by atoms with van der Waals surface area (Å²) >= 11 is 0. The molecule has 1 aliphatic heterocycles. The number of amides is 1. The second kappa shape index (κ2) is 11.9. The number of nitrogens with zero attached hydrogens (tertiary/aromatic N) is 4. The third-order valence-electron chi connectivity index (χ3n) is 9.12. The molecule has 8 heteroatoms. The number of rotatable bonds is 8. The van der Waals surface area contributed by atoms with E-state index in [9.17, 15) is 14.9 Å². The third-order valence-corrected chi connectivity index (χ3v) is 9.12. The molecule has 1 amide bonds. The van der Waals surface area contributed by atoms with Gasteiger partial charge in [-0.25, -0.2) is 4.79 Å². The molecule has 1 saturated heterocycles. The van der Waals surface area contributed by atoms with Crippen molar-refractivity contribution in [2.75, 3.05) is 25.5 Å². The van der Waals surface area contributed by atoms with Crippen molar-refractivity contribution in [2.24, 2.45) is 11.8 Å². The summed E-state index contributed by atoms with van der Waals surface area (Å²) in [6, 6.07) is 9.73. The van der Waals surface area contributed by atoms with Crippen molar-refractivity contribution < 1.29 is 4.79 Å². The van der Waals surface area contributed by atoms with Gasteiger partial charge in [0.25, 0.3) is 0 Å². The number of piperidine rings is 1. The van der Waals surface area contributed by atoms with Crippen LogP contribution in [0.4, 0.5) is 5.82 Å². The van der Waals surface area contributed by atoms with E-state index in [1.165, 1.54) is 19.3 Å². The molecule has 0 unspecified atom stereocenters. The second-order valence-corrected chi connectivity index (χ2v) is 11.9. The Kier molecular flexibility index (Phi) is 8.32. The van der Waals surface area contributed by atoms with Crippen LogP contribution in [0.3, 0.4) is 0 Å². The quantitative estimate of drug-likeness (QED) is 0.536. The van der Waals surface area contributed by atoms with Gasteiger partial charge in [0.05, 0.1) is 11.6 Å². The van der Waals surface area contributed by atoms with Crippen molar-refractivity contribution in [3.05, 3.63) is 34.7 Å². The van der Waals surface area contributed by atoms with Crippen molar-refractivity contribution in [3.63, 3.8) is 0 Å². The highest BCUT2D eigenvalue weighted by Crippen LogP contribution is 2.32. The van der Waals surface area contributed by atoms with E-state index in [-0.39, 0.29) is 11.6 Å². The highest BCUT2D eigenvalue weighted by Gasteiger charge is 2.38. The normalized spacial score (nSPS) is 21.7. The topological polar surface area (TPSA) is 103 Å². The van der Waals surface area contributed by atoms with E-state index in [1.807, 2.05) is 28.8 Å². The number of carbonyl (C=O) groups is 1. The number of aromatic nitrogens is 2. The van der Waals surface area contributed by atoms with Crippen LogP contribution < -0.4 is 16.3 Å². The molecule has 2 aliphatic carbocycles. The summed E-state index contributed by atoms with van der Waals surface area (Å²) in [4.78, 5) is 33.9. The fourth-order valence-electron chi connectivity index (χ4n) is 6.74. The number of carbonyl (C=O) groups excluding carboxylic acids is 1. The number of nitrogens with one attached hydrogen (secondary N) is 2. The monoisotopic (exact) mass is 518 g/mol. The predicted octanol–water partition coefficient (Wildman–Crippen LogP) is 4.44. The van der Waals surface area contributed by atoms with E-state index in [2.05, 4.69) is 33.6 Å². The lowest BCUT2D eigenvalue weighted by Crippen LogP contribution is -2.51. The predicted molar refractivity (Wildman–Crippen MR) is 150 cm³/mol. The molecule has 1 aromatic carbocycles. The Morgan fingerprint density at radius 3 is 2.50 bits per heavy atom. The first-order chi connectivity index (χ1) is 18.5. The molecule has 8 nitrogen and oxygen atoms in total. The molecule has 2 saturated carbocycles. The fraction of sp³-hybridized carbons (Fsp3) is 0.667. The van der Waals surface area contributed by atoms with Crippen molar-refractivity contribution >= 4 is 22.6 Å². The van der Waals surface area contributed by atoms with Crippen LogP contribution in [0.1, 0.15) is 77.0 Å². The largest absolute Gasteiger partial charge is 0.358 e. The van der Waals surface area contributed by atoms with Gasteiger partial charge in [-0.1, -0.05) is 44.2 Å². The van der Waals surface area contributed by atoms with Gasteiger partial charge in [-0.2, -0.15) is 10.2 Å². The number of hydrogen-bond donors (Lipinski definition) is 2. The maximum atomic E-state index is 13.7. The molecule has 5 rings (SSSR count). The van der Waals surface area contributed by atoms with Gasteiger partial charge >= 0.3 is 5.69 Å². The van der Waals surface area contributed by atoms with Crippen LogP contribution in [0.5, 0.6) is 0 Å². The molecular weight excluding hydrogens is 476 g/mol. The Hall–Kier alpha value is -2.92. The molecule has 2 heterocycles. The highest BCUT2D eigenvalue weighted by atomic mass is 16.2. The van der Waals surface area contributed by atoms with E-state index in [0.717, 1.165) is 62.5 Å². The number of nitriles is 1. The van der Waals surface area contributed by atoms with Crippen LogP contribution in [0.2, 0.25) is 0 Å². The van der Waals surface area contributed by atoms with Crippen LogP contribution in [0.25, 0.3) is 10.9 Å². The number of para-hydroxylation sites is 1. The molecule has 38 heavy (non-hydrogen) atoms. The standard InChI is InChI=1S/C30H42N6O2/c1-35-17-13-23(14-18-35)20-36-26-12-6-5-11-24(26)27(33-29(36)38)32-25(19-22-9-3-2-4-10-22)28(37)34-30(21-31)15-7-8-16-30/h5-6,11-12,22-23,25H,2-4,7-10,13-20H2,1H3,(H,34,37)(H,32,33,38)/t25-/m0/s1. The third kappa shape index (κ3) is 6.04. The molecule has 2 N–H and O–H groups in total. The lowest BCUT2D eigenvalue weighted by Gasteiger charge is -2.31. The number of benzene rings is 1. The number of anilines is 1. The SMILES string of the molecule is CN1CCC(Cn2c(=O)nc(N[C@@H](CC3CCCCC3)C(=O)NC3(C#N)CCCC3)c3ccccc32)CC1. The van der Waals surface area contributed by atoms with Crippen LogP contribution >= 0.6 is 0 Å². The van der Waals surface area contributed by atoms with Crippen LogP contribution in [-0.4, -0.2) is 52.1 Å². The lowest BCUT2D eigenvalue weighted by molar-refractivity contribution is -0.123. The smallest absolute Gasteiger partial charge is 0.350 e. The first-order valence-corrected chi connectivity index (χ1v) is 14.6. The van der Waals surface area contributed by atoms with E-state index in [1.54, 1.807) is 0 Å². The summed E-state index contributed by atoms with van der Waals surface area (Å²) in [6.45, 7) is 2.76. The first-order valence-electron chi connectivity index (χ1n) is 14.6. The first kappa shape index (κ1) is 26.7. The average Bonchev–Trinajstić information content (AvgIpc) is 3.41. The number of hydrogen-bond acceptors (Lipinski definition) is 6. The van der Waals surface area contributed by atoms with Gasteiger partial charge in [-0.05, 0) is 89.1 Å². The lowest BCUT2D eigenvalue weighted by atomic mass is 9.84. The molecule has 0 bridgehead atoms. The molecular formula is C30H42N6O2. The fourth-order valence-corrected chi connectivity index (χ4v) is 6.74. The van der Waals surface area contributed by atoms with Crippen LogP contribution in [-0.2, 0) is 11.3 Å². The van der Waals surface area contributed by atoms with Crippen molar-refractivity contribution in [1.82, 2.24) is 19.8 Å². The van der Waals surface area contributed by atoms with Crippen molar-refractivity contribution in [2.45, 2.75) is 95.2 Å². The summed E-state index contributed by atoms with van der Waals surface area (Å²) in [5.41, 5.74) is -0.197. The molecule has 3 fully saturated rings. The van der Waals surface area contributed by atoms with Gasteiger partial charge in [0.15, 0.2) is 0 Å². The maximum absolute atomic E-state index is 13.7. The molecule has 3 aliphatic rings. The van der Waals surface area contributed by atoms with E-state index < -0.39 is 11.6 Å². The van der Waals surface area contributed by atoms with Gasteiger partial charge in [0.1, 0.15) is 17.4 Å². The van der Waals surface area contributed by atoms with E-state index >= 15 is 0 Å². The number of likely N-dealkylation sites (tertiary alicyclic amines) is 1. The van der Waals surface area contributed by atoms with Gasteiger partial charge < -0.3 is 15.5 Å². The van der Waals surface area contributed by atoms with E-state index in [0.29, 0.717) is 43.5 Å². The van der Waals surface area contributed by atoms with Gasteiger partial charge in [0, 0.05) is 11.9 Å². The minimum absolute atomic E-state index is 0.152. The highest BCUT2D eigenvalue weighted by molar-refractivity contribution is 5.92. The molecule has 1 aromatic heterocycles. The summed E-state index contributed by atoms with van der Waals surface area (Å²) in [7, 11) is 2.14. The zero-order valence-corrected chi connectivity index (χ0v) is 22.8. The van der Waals surface area contributed by atoms with Crippen LogP contribution in [0, 0.1) is 23.2 Å². The van der Waals surface area contributed by atoms with Gasteiger partial charge in [-0.15, -0.1) is 0 Å². The summed E-state index contributed by atoms with van der Waals surface area (Å²) in [6.07, 6.45) is 12.0. The maximum Gasteiger partial charge on any atom is 0.350 e. The van der Waals surface area contributed by atoms with E-state index in [4.69, 9.17) is 0 Å². The zero-order chi connectivity index (χ0) is 26.5. The Morgan fingerprint density at radius 2 is 1.79 bits per heavy atom. The average molecular weight is 519 g/mol. The molecule has 2 aromatic rings. The molecule has 204 valence electrons. The Morgan fingerprint density at radius 1 is 1.08 bits per heavy atom.